The average molecular weight is 131 g/mol. The van der Waals surface area contributed by atoms with Crippen LogP contribution in [0, 0.1) is 0 Å². The molecule has 1 rings (SSSR count). The number of ether oxygens (including phenoxy) is 1. The van der Waals surface area contributed by atoms with E-state index in [-0.39, 0.29) is 6.15 Å². The van der Waals surface area contributed by atoms with E-state index >= 15 is 0 Å². The predicted octanol–water partition coefficient (Wildman–Crippen LogP) is -0.113. The summed E-state index contributed by atoms with van der Waals surface area (Å²) in [6.07, 6.45) is 5.39. The summed E-state index contributed by atoms with van der Waals surface area (Å²) >= 11 is 0. The fourth-order valence-corrected chi connectivity index (χ4v) is 0.405. The van der Waals surface area contributed by atoms with Crippen LogP contribution in [0.1, 0.15) is 0 Å². The van der Waals surface area contributed by atoms with Crippen LogP contribution < -0.4 is 6.15 Å². The average Bonchev–Trinajstić information content (AvgIpc) is 1.65. The fourth-order valence-electron chi connectivity index (χ4n) is 0.405. The van der Waals surface area contributed by atoms with E-state index in [1.54, 1.807) is 6.08 Å². The third-order valence-corrected chi connectivity index (χ3v) is 0.745. The van der Waals surface area contributed by atoms with Gasteiger partial charge in [0.25, 0.3) is 0 Å². The van der Waals surface area contributed by atoms with Gasteiger partial charge >= 0.3 is 5.97 Å². The van der Waals surface area contributed by atoms with Crippen molar-refractivity contribution < 1.29 is 14.9 Å². The van der Waals surface area contributed by atoms with E-state index < -0.39 is 5.97 Å². The van der Waals surface area contributed by atoms with Crippen molar-refractivity contribution in [3.63, 3.8) is 0 Å². The van der Waals surface area contributed by atoms with Crippen molar-refractivity contribution in [1.82, 2.24) is 6.15 Å². The monoisotopic (exact) mass is 131 g/mol. The van der Waals surface area contributed by atoms with E-state index in [1.807, 2.05) is 0 Å². The highest BCUT2D eigenvalue weighted by atomic mass is 16.8. The number of hydrogen-bond acceptors (Lipinski definition) is 4. The molecule has 0 aromatic heterocycles. The Hall–Kier alpha value is -0.840. The second-order valence-electron chi connectivity index (χ2n) is 1.46. The maximum atomic E-state index is 8.57. The molecule has 0 aliphatic carbocycles. The molecule has 9 heavy (non-hydrogen) atoms. The topological polar surface area (TPSA) is 84.7 Å². The van der Waals surface area contributed by atoms with Gasteiger partial charge in [-0.25, -0.2) is 0 Å². The summed E-state index contributed by atoms with van der Waals surface area (Å²) in [4.78, 5) is 0. The first-order chi connectivity index (χ1) is 3.71. The Morgan fingerprint density at radius 3 is 2.11 bits per heavy atom. The summed E-state index contributed by atoms with van der Waals surface area (Å²) in [5, 5.41) is 17.1. The summed E-state index contributed by atoms with van der Waals surface area (Å²) in [7, 11) is 0. The molecule has 0 saturated heterocycles. The molecule has 1 heterocycles. The van der Waals surface area contributed by atoms with Crippen LogP contribution in [0.2, 0.25) is 0 Å². The molecule has 4 nitrogen and oxygen atoms in total. The van der Waals surface area contributed by atoms with Crippen LogP contribution in [0.25, 0.3) is 0 Å². The van der Waals surface area contributed by atoms with Gasteiger partial charge < -0.3 is 21.1 Å². The summed E-state index contributed by atoms with van der Waals surface area (Å²) in [5.74, 6) is -2.09. The van der Waals surface area contributed by atoms with Crippen molar-refractivity contribution in [2.75, 3.05) is 0 Å². The molecule has 0 fully saturated rings. The van der Waals surface area contributed by atoms with E-state index in [2.05, 4.69) is 4.74 Å². The smallest absolute Gasteiger partial charge is 0.343 e. The Labute approximate surface area is 52.7 Å². The minimum absolute atomic E-state index is 0. The normalized spacial score (nSPS) is 20.2. The number of hydrogen-bond donors (Lipinski definition) is 3. The quantitative estimate of drug-likeness (QED) is 0.400. The maximum Gasteiger partial charge on any atom is 0.343 e. The molecule has 0 aromatic rings. The summed E-state index contributed by atoms with van der Waals surface area (Å²) in [6.45, 7) is 0. The lowest BCUT2D eigenvalue weighted by Crippen LogP contribution is -2.27. The molecule has 1 aliphatic rings. The van der Waals surface area contributed by atoms with Gasteiger partial charge in [-0.2, -0.15) is 0 Å². The Morgan fingerprint density at radius 2 is 1.89 bits per heavy atom. The maximum absolute atomic E-state index is 8.57. The molecule has 0 bridgehead atoms. The van der Waals surface area contributed by atoms with Crippen molar-refractivity contribution in [2.45, 2.75) is 5.97 Å². The fraction of sp³-hybridized carbons (Fsp3) is 0.200. The molecule has 0 aromatic carbocycles. The molecule has 0 atom stereocenters. The first kappa shape index (κ1) is 8.16. The SMILES string of the molecule is N.OC1(O)C=CC=CO1. The van der Waals surface area contributed by atoms with Gasteiger partial charge in [-0.3, -0.25) is 0 Å². The molecule has 5 N–H and O–H groups in total. The number of rotatable bonds is 0. The zero-order valence-electron chi connectivity index (χ0n) is 4.82. The van der Waals surface area contributed by atoms with Crippen LogP contribution in [0.4, 0.5) is 0 Å². The van der Waals surface area contributed by atoms with Crippen molar-refractivity contribution >= 4 is 0 Å². The number of aliphatic hydroxyl groups is 2. The van der Waals surface area contributed by atoms with Crippen LogP contribution in [0.15, 0.2) is 24.5 Å². The molecule has 0 amide bonds. The van der Waals surface area contributed by atoms with E-state index in [9.17, 15) is 0 Å². The molecule has 0 unspecified atom stereocenters. The van der Waals surface area contributed by atoms with Gasteiger partial charge in [-0.05, 0) is 6.08 Å². The molecule has 52 valence electrons. The third-order valence-electron chi connectivity index (χ3n) is 0.745. The van der Waals surface area contributed by atoms with Crippen LogP contribution in [0.5, 0.6) is 0 Å². The van der Waals surface area contributed by atoms with E-state index in [0.29, 0.717) is 0 Å². The lowest BCUT2D eigenvalue weighted by Gasteiger charge is -2.17. The van der Waals surface area contributed by atoms with Gasteiger partial charge in [0.05, 0.1) is 6.26 Å². The van der Waals surface area contributed by atoms with Gasteiger partial charge in [0.1, 0.15) is 0 Å². The Kier molecular flexibility index (Phi) is 2.39. The van der Waals surface area contributed by atoms with Gasteiger partial charge in [0.2, 0.25) is 0 Å². The highest BCUT2D eigenvalue weighted by Crippen LogP contribution is 2.08. The van der Waals surface area contributed by atoms with E-state index in [4.69, 9.17) is 10.2 Å². The van der Waals surface area contributed by atoms with Crippen molar-refractivity contribution in [3.8, 4) is 0 Å². The van der Waals surface area contributed by atoms with Gasteiger partial charge in [-0.15, -0.1) is 0 Å². The zero-order chi connectivity index (χ0) is 6.04. The first-order valence-electron chi connectivity index (χ1n) is 2.18. The van der Waals surface area contributed by atoms with Crippen LogP contribution in [-0.2, 0) is 4.74 Å². The second-order valence-corrected chi connectivity index (χ2v) is 1.46. The van der Waals surface area contributed by atoms with Crippen LogP contribution in [-0.4, -0.2) is 16.2 Å². The summed E-state index contributed by atoms with van der Waals surface area (Å²) in [6, 6.07) is 0. The van der Waals surface area contributed by atoms with Gasteiger partial charge in [-0.1, -0.05) is 6.08 Å². The minimum atomic E-state index is -2.09. The molecule has 4 heteroatoms. The van der Waals surface area contributed by atoms with Gasteiger partial charge in [0.15, 0.2) is 0 Å². The Morgan fingerprint density at radius 1 is 1.22 bits per heavy atom. The Bertz CT molecular complexity index is 139. The summed E-state index contributed by atoms with van der Waals surface area (Å²) in [5.41, 5.74) is 0. The molecular formula is C5H9NO3. The standard InChI is InChI=1S/C5H6O3.H3N/c6-5(7)3-1-2-4-8-5;/h1-4,6-7H;1H3. The predicted molar refractivity (Wildman–Crippen MR) is 31.6 cm³/mol. The largest absolute Gasteiger partial charge is 0.444 e. The van der Waals surface area contributed by atoms with Crippen molar-refractivity contribution in [1.29, 1.82) is 0 Å². The highest BCUT2D eigenvalue weighted by molar-refractivity contribution is 5.07. The van der Waals surface area contributed by atoms with Crippen molar-refractivity contribution in [3.05, 3.63) is 24.5 Å². The number of allylic oxidation sites excluding steroid dienone is 2. The third kappa shape index (κ3) is 2.27. The van der Waals surface area contributed by atoms with Gasteiger partial charge in [0, 0.05) is 6.08 Å². The second kappa shape index (κ2) is 2.63. The molecule has 1 aliphatic heterocycles. The van der Waals surface area contributed by atoms with Crippen LogP contribution in [0.3, 0.4) is 0 Å². The lowest BCUT2D eigenvalue weighted by atomic mass is 10.4. The molecular weight excluding hydrogens is 122 g/mol. The molecule has 0 saturated carbocycles. The molecule has 0 spiro atoms. The lowest BCUT2D eigenvalue weighted by molar-refractivity contribution is -0.277. The van der Waals surface area contributed by atoms with Crippen molar-refractivity contribution in [2.24, 2.45) is 0 Å². The molecule has 0 radical (unpaired) electrons. The van der Waals surface area contributed by atoms with Crippen LogP contribution >= 0.6 is 0 Å². The van der Waals surface area contributed by atoms with E-state index in [1.165, 1.54) is 12.3 Å². The first-order valence-corrected chi connectivity index (χ1v) is 2.18. The Balaban J connectivity index is 0.000000640. The van der Waals surface area contributed by atoms with E-state index in [0.717, 1.165) is 6.08 Å². The highest BCUT2D eigenvalue weighted by Gasteiger charge is 2.19. The minimum Gasteiger partial charge on any atom is -0.444 e. The summed E-state index contributed by atoms with van der Waals surface area (Å²) < 4.78 is 4.31. The zero-order valence-corrected chi connectivity index (χ0v) is 4.82.